The van der Waals surface area contributed by atoms with Gasteiger partial charge in [-0.15, -0.1) is 0 Å². The molecule has 220 valence electrons. The Hall–Kier alpha value is -3.36. The first-order valence-electron chi connectivity index (χ1n) is 14.3. The largest absolute Gasteiger partial charge is 0.496 e. The zero-order chi connectivity index (χ0) is 29.7. The number of hydrogen-bond acceptors (Lipinski definition) is 7. The molecule has 8 nitrogen and oxygen atoms in total. The molecule has 0 bridgehead atoms. The molecule has 1 atom stereocenters. The number of ether oxygens (including phenoxy) is 3. The Balaban J connectivity index is 1.52. The fourth-order valence-electron chi connectivity index (χ4n) is 7.11. The lowest BCUT2D eigenvalue weighted by molar-refractivity contribution is -0.148. The van der Waals surface area contributed by atoms with Gasteiger partial charge in [-0.2, -0.15) is 0 Å². The van der Waals surface area contributed by atoms with Crippen LogP contribution in [0, 0.1) is 12.3 Å². The number of piperidine rings is 1. The molecule has 8 heteroatoms. The van der Waals surface area contributed by atoms with Gasteiger partial charge in [-0.1, -0.05) is 12.1 Å². The fourth-order valence-corrected chi connectivity index (χ4v) is 7.11. The number of aromatic nitrogens is 1. The smallest absolute Gasteiger partial charge is 0.419 e. The van der Waals surface area contributed by atoms with Crippen LogP contribution in [-0.2, 0) is 16.0 Å². The van der Waals surface area contributed by atoms with Gasteiger partial charge in [-0.25, -0.2) is 9.59 Å². The van der Waals surface area contributed by atoms with Crippen LogP contribution in [0.5, 0.6) is 5.75 Å². The number of benzene rings is 2. The molecule has 2 fully saturated rings. The average molecular weight is 563 g/mol. The zero-order valence-electron chi connectivity index (χ0n) is 25.2. The van der Waals surface area contributed by atoms with Gasteiger partial charge in [0.05, 0.1) is 30.9 Å². The minimum Gasteiger partial charge on any atom is -0.496 e. The third kappa shape index (κ3) is 5.72. The Labute approximate surface area is 242 Å². The lowest BCUT2D eigenvalue weighted by Crippen LogP contribution is -2.55. The summed E-state index contributed by atoms with van der Waals surface area (Å²) in [5.41, 5.74) is 3.28. The van der Waals surface area contributed by atoms with E-state index in [9.17, 15) is 14.7 Å². The number of nitrogens with zero attached hydrogens (tertiary/aromatic N) is 2. The van der Waals surface area contributed by atoms with Gasteiger partial charge in [0, 0.05) is 29.7 Å². The molecule has 1 aliphatic heterocycles. The van der Waals surface area contributed by atoms with E-state index in [-0.39, 0.29) is 17.4 Å². The van der Waals surface area contributed by atoms with Crippen LogP contribution in [-0.4, -0.2) is 58.6 Å². The molecule has 2 heterocycles. The van der Waals surface area contributed by atoms with E-state index >= 15 is 0 Å². The van der Waals surface area contributed by atoms with E-state index in [4.69, 9.17) is 14.2 Å². The van der Waals surface area contributed by atoms with Gasteiger partial charge in [-0.05, 0) is 108 Å². The highest BCUT2D eigenvalue weighted by Gasteiger charge is 2.54. The number of carbonyl (C=O) groups excluding carboxylic acids is 2. The van der Waals surface area contributed by atoms with E-state index in [1.54, 1.807) is 17.9 Å². The number of carbonyl (C=O) groups is 2. The monoisotopic (exact) mass is 562 g/mol. The number of esters is 1. The minimum atomic E-state index is -0.613. The van der Waals surface area contributed by atoms with Crippen molar-refractivity contribution < 1.29 is 28.9 Å². The van der Waals surface area contributed by atoms with E-state index in [2.05, 4.69) is 4.90 Å². The summed E-state index contributed by atoms with van der Waals surface area (Å²) in [5.74, 6) is 0.424. The van der Waals surface area contributed by atoms with Crippen LogP contribution in [0.25, 0.3) is 10.9 Å². The minimum absolute atomic E-state index is 0.0838. The molecule has 1 aromatic heterocycles. The Morgan fingerprint density at radius 3 is 2.37 bits per heavy atom. The predicted octanol–water partition coefficient (Wildman–Crippen LogP) is 6.40. The molecule has 3 aromatic rings. The van der Waals surface area contributed by atoms with Crippen molar-refractivity contribution in [3.05, 3.63) is 64.8 Å². The molecule has 0 radical (unpaired) electrons. The quantitative estimate of drug-likeness (QED) is 0.360. The van der Waals surface area contributed by atoms with Crippen LogP contribution in [0.15, 0.2) is 42.6 Å². The average Bonchev–Trinajstić information content (AvgIpc) is 3.35. The second kappa shape index (κ2) is 10.5. The highest BCUT2D eigenvalue weighted by molar-refractivity contribution is 5.95. The van der Waals surface area contributed by atoms with Crippen molar-refractivity contribution in [2.45, 2.75) is 84.1 Å². The van der Waals surface area contributed by atoms with Crippen LogP contribution >= 0.6 is 0 Å². The second-order valence-electron chi connectivity index (χ2n) is 13.2. The summed E-state index contributed by atoms with van der Waals surface area (Å²) in [6.45, 7) is 11.0. The Bertz CT molecular complexity index is 1460. The third-order valence-corrected chi connectivity index (χ3v) is 8.63. The summed E-state index contributed by atoms with van der Waals surface area (Å²) in [7, 11) is 3.07. The topological polar surface area (TPSA) is 90.2 Å². The maximum Gasteiger partial charge on any atom is 0.419 e. The molecule has 1 aliphatic carbocycles. The zero-order valence-corrected chi connectivity index (χ0v) is 25.2. The number of fused-ring (bicyclic) bond motifs is 1. The Kier molecular flexibility index (Phi) is 7.45. The summed E-state index contributed by atoms with van der Waals surface area (Å²) in [6.07, 6.45) is 4.86. The molecule has 1 unspecified atom stereocenters. The van der Waals surface area contributed by atoms with E-state index in [1.807, 2.05) is 71.0 Å². The van der Waals surface area contributed by atoms with Crippen molar-refractivity contribution in [2.75, 3.05) is 20.8 Å². The van der Waals surface area contributed by atoms with Gasteiger partial charge < -0.3 is 19.3 Å². The van der Waals surface area contributed by atoms with Crippen molar-refractivity contribution in [1.82, 2.24) is 9.47 Å². The summed E-state index contributed by atoms with van der Waals surface area (Å²) in [4.78, 5) is 27.6. The van der Waals surface area contributed by atoms with Gasteiger partial charge in [-0.3, -0.25) is 9.47 Å². The number of aliphatic hydroxyl groups is 1. The molecule has 2 aromatic carbocycles. The molecule has 1 saturated heterocycles. The van der Waals surface area contributed by atoms with Crippen molar-refractivity contribution in [1.29, 1.82) is 0 Å². The van der Waals surface area contributed by atoms with Crippen molar-refractivity contribution in [3.63, 3.8) is 0 Å². The van der Waals surface area contributed by atoms with Crippen LogP contribution < -0.4 is 4.74 Å². The van der Waals surface area contributed by atoms with Crippen LogP contribution in [0.3, 0.4) is 0 Å². The first kappa shape index (κ1) is 29.1. The number of likely N-dealkylation sites (tertiary alicyclic amines) is 1. The molecule has 0 amide bonds. The molecule has 41 heavy (non-hydrogen) atoms. The maximum atomic E-state index is 13.1. The van der Waals surface area contributed by atoms with Gasteiger partial charge in [0.15, 0.2) is 0 Å². The first-order valence-corrected chi connectivity index (χ1v) is 14.3. The Morgan fingerprint density at radius 2 is 1.78 bits per heavy atom. The number of methoxy groups -OCH3 is 2. The fraction of sp³-hybridized carbons (Fsp3) is 0.515. The van der Waals surface area contributed by atoms with Crippen LogP contribution in [0.2, 0.25) is 0 Å². The van der Waals surface area contributed by atoms with Crippen LogP contribution in [0.4, 0.5) is 4.79 Å². The molecule has 2 aliphatic rings. The van der Waals surface area contributed by atoms with Gasteiger partial charge in [0.2, 0.25) is 0 Å². The molecule has 1 saturated carbocycles. The van der Waals surface area contributed by atoms with Gasteiger partial charge >= 0.3 is 12.1 Å². The van der Waals surface area contributed by atoms with E-state index < -0.39 is 17.3 Å². The lowest BCUT2D eigenvalue weighted by atomic mass is 9.54. The molecular weight excluding hydrogens is 520 g/mol. The summed E-state index contributed by atoms with van der Waals surface area (Å²) >= 11 is 0. The lowest BCUT2D eigenvalue weighted by Gasteiger charge is -2.58. The molecule has 1 N–H and O–H groups in total. The SMILES string of the molecule is COC(=O)c1ccc(C2CC3(CCN2Cc2c(OC)cc(C)c4c2ccn4C(=O)OC(C)(C)C)CC(C)(O)C3)cc1. The first-order chi connectivity index (χ1) is 19.2. The highest BCUT2D eigenvalue weighted by Crippen LogP contribution is 2.58. The number of hydrogen-bond donors (Lipinski definition) is 1. The van der Waals surface area contributed by atoms with Gasteiger partial charge in [0.1, 0.15) is 11.4 Å². The maximum absolute atomic E-state index is 13.1. The van der Waals surface area contributed by atoms with Crippen molar-refractivity contribution >= 4 is 23.0 Å². The van der Waals surface area contributed by atoms with E-state index in [0.29, 0.717) is 12.1 Å². The molecule has 5 rings (SSSR count). The Morgan fingerprint density at radius 1 is 1.10 bits per heavy atom. The van der Waals surface area contributed by atoms with Crippen molar-refractivity contribution in [2.24, 2.45) is 5.41 Å². The third-order valence-electron chi connectivity index (χ3n) is 8.63. The normalized spacial score (nSPS) is 24.7. The number of aryl methyl sites for hydroxylation is 1. The summed E-state index contributed by atoms with van der Waals surface area (Å²) in [6, 6.07) is 11.7. The standard InChI is InChI=1S/C33H42N2O6/c1-21-16-27(39-6)25(24-12-14-35(28(21)24)30(37)41-31(2,3)4)18-34-15-13-33(19-32(5,38)20-33)17-26(34)22-8-10-23(11-9-22)29(36)40-7/h8-12,14,16,26,38H,13,15,17-20H2,1-7H3. The second-order valence-corrected chi connectivity index (χ2v) is 13.2. The van der Waals surface area contributed by atoms with E-state index in [1.165, 1.54) is 7.11 Å². The van der Waals surface area contributed by atoms with Crippen molar-refractivity contribution in [3.8, 4) is 5.75 Å². The van der Waals surface area contributed by atoms with E-state index in [0.717, 1.165) is 65.6 Å². The van der Waals surface area contributed by atoms with Crippen LogP contribution in [0.1, 0.15) is 86.5 Å². The number of rotatable bonds is 5. The summed E-state index contributed by atoms with van der Waals surface area (Å²) < 4.78 is 18.1. The molecule has 1 spiro atoms. The predicted molar refractivity (Wildman–Crippen MR) is 157 cm³/mol. The molecular formula is C33H42N2O6. The highest BCUT2D eigenvalue weighted by atomic mass is 16.6. The van der Waals surface area contributed by atoms with Gasteiger partial charge in [0.25, 0.3) is 0 Å². The summed E-state index contributed by atoms with van der Waals surface area (Å²) in [5, 5.41) is 11.6.